The molecule has 188 valence electrons. The summed E-state index contributed by atoms with van der Waals surface area (Å²) in [5.74, 6) is -0.620. The van der Waals surface area contributed by atoms with Gasteiger partial charge in [-0.05, 0) is 32.1 Å². The molecule has 0 rings (SSSR count). The van der Waals surface area contributed by atoms with Crippen molar-refractivity contribution >= 4 is 0 Å². The normalized spacial score (nSPS) is 13.4. The lowest BCUT2D eigenvalue weighted by Gasteiger charge is -2.49. The van der Waals surface area contributed by atoms with Crippen LogP contribution in [0.1, 0.15) is 138 Å². The van der Waals surface area contributed by atoms with Crippen molar-refractivity contribution in [3.05, 3.63) is 12.7 Å². The van der Waals surface area contributed by atoms with E-state index in [0.717, 1.165) is 71.0 Å². The van der Waals surface area contributed by atoms with Crippen molar-refractivity contribution < 1.29 is 14.2 Å². The van der Waals surface area contributed by atoms with E-state index in [0.29, 0.717) is 0 Å². The van der Waals surface area contributed by atoms with Gasteiger partial charge in [0.2, 0.25) is 0 Å². The van der Waals surface area contributed by atoms with Crippen LogP contribution in [0.4, 0.5) is 0 Å². The van der Waals surface area contributed by atoms with E-state index in [1.807, 2.05) is 13.2 Å². The average molecular weight is 443 g/mol. The molecule has 0 aromatic rings. The van der Waals surface area contributed by atoms with Crippen LogP contribution in [0.25, 0.3) is 0 Å². The standard InChI is InChI=1S/C24H50O3.C4H8/c1-7-12-15-16-17-18-20-23(25-6,19-10-4)24(11-5,26-21-13-8-2)27-22-14-9-3;1-3-4-2/h7-22H2,1-6H3;3H,1,4H2,2H3. The second kappa shape index (κ2) is 22.8. The van der Waals surface area contributed by atoms with Crippen molar-refractivity contribution in [3.8, 4) is 0 Å². The van der Waals surface area contributed by atoms with Crippen molar-refractivity contribution in [2.24, 2.45) is 0 Å². The third-order valence-corrected chi connectivity index (χ3v) is 6.09. The number of ether oxygens (including phenoxy) is 3. The van der Waals surface area contributed by atoms with Gasteiger partial charge in [-0.15, -0.1) is 6.58 Å². The fourth-order valence-corrected chi connectivity index (χ4v) is 4.05. The molecule has 0 aromatic carbocycles. The molecule has 0 radical (unpaired) electrons. The number of unbranched alkanes of at least 4 members (excludes halogenated alkanes) is 7. The highest BCUT2D eigenvalue weighted by atomic mass is 16.7. The summed E-state index contributed by atoms with van der Waals surface area (Å²) < 4.78 is 19.3. The molecule has 1 atom stereocenters. The van der Waals surface area contributed by atoms with Gasteiger partial charge in [0.05, 0.1) is 13.2 Å². The summed E-state index contributed by atoms with van der Waals surface area (Å²) in [6.45, 7) is 18.2. The van der Waals surface area contributed by atoms with Crippen LogP contribution in [-0.2, 0) is 14.2 Å². The first-order chi connectivity index (χ1) is 15.0. The number of hydrogen-bond acceptors (Lipinski definition) is 3. The number of hydrogen-bond donors (Lipinski definition) is 0. The van der Waals surface area contributed by atoms with Gasteiger partial charge in [-0.1, -0.05) is 105 Å². The van der Waals surface area contributed by atoms with Crippen molar-refractivity contribution in [2.45, 2.75) is 149 Å². The predicted molar refractivity (Wildman–Crippen MR) is 138 cm³/mol. The molecule has 1 unspecified atom stereocenters. The molecule has 0 spiro atoms. The van der Waals surface area contributed by atoms with E-state index in [9.17, 15) is 0 Å². The van der Waals surface area contributed by atoms with Gasteiger partial charge in [-0.3, -0.25) is 0 Å². The van der Waals surface area contributed by atoms with Crippen molar-refractivity contribution in [1.82, 2.24) is 0 Å². The molecular formula is C28H58O3. The van der Waals surface area contributed by atoms with Gasteiger partial charge in [-0.25, -0.2) is 0 Å². The van der Waals surface area contributed by atoms with E-state index < -0.39 is 5.79 Å². The van der Waals surface area contributed by atoms with E-state index in [-0.39, 0.29) is 5.60 Å². The maximum atomic E-state index is 6.52. The Labute approximate surface area is 196 Å². The molecule has 0 aromatic heterocycles. The molecule has 0 aliphatic rings. The fraction of sp³-hybridized carbons (Fsp3) is 0.929. The van der Waals surface area contributed by atoms with Crippen LogP contribution in [0.5, 0.6) is 0 Å². The maximum absolute atomic E-state index is 6.52. The van der Waals surface area contributed by atoms with Crippen molar-refractivity contribution in [2.75, 3.05) is 20.3 Å². The molecule has 0 aliphatic carbocycles. The first-order valence-electron chi connectivity index (χ1n) is 13.5. The summed E-state index contributed by atoms with van der Waals surface area (Å²) in [5.41, 5.74) is -0.345. The minimum Gasteiger partial charge on any atom is -0.373 e. The highest BCUT2D eigenvalue weighted by molar-refractivity contribution is 4.96. The van der Waals surface area contributed by atoms with Crippen LogP contribution in [-0.4, -0.2) is 31.7 Å². The van der Waals surface area contributed by atoms with Gasteiger partial charge in [0.15, 0.2) is 5.79 Å². The zero-order valence-electron chi connectivity index (χ0n) is 22.5. The first-order valence-corrected chi connectivity index (χ1v) is 13.5. The molecule has 0 fully saturated rings. The van der Waals surface area contributed by atoms with Crippen molar-refractivity contribution in [1.29, 1.82) is 0 Å². The van der Waals surface area contributed by atoms with Gasteiger partial charge < -0.3 is 14.2 Å². The molecule has 0 amide bonds. The highest BCUT2D eigenvalue weighted by Gasteiger charge is 2.52. The molecule has 31 heavy (non-hydrogen) atoms. The molecule has 0 heterocycles. The minimum absolute atomic E-state index is 0.345. The van der Waals surface area contributed by atoms with Crippen LogP contribution < -0.4 is 0 Å². The Bertz CT molecular complexity index is 359. The third-order valence-electron chi connectivity index (χ3n) is 6.09. The van der Waals surface area contributed by atoms with Crippen LogP contribution in [0, 0.1) is 0 Å². The van der Waals surface area contributed by atoms with Gasteiger partial charge in [-0.2, -0.15) is 0 Å². The smallest absolute Gasteiger partial charge is 0.197 e. The Morgan fingerprint density at radius 2 is 1.13 bits per heavy atom. The molecular weight excluding hydrogens is 384 g/mol. The zero-order valence-corrected chi connectivity index (χ0v) is 22.5. The monoisotopic (exact) mass is 442 g/mol. The summed E-state index contributed by atoms with van der Waals surface area (Å²) in [5, 5.41) is 0. The summed E-state index contributed by atoms with van der Waals surface area (Å²) in [6.07, 6.45) is 19.1. The Morgan fingerprint density at radius 3 is 1.52 bits per heavy atom. The van der Waals surface area contributed by atoms with Gasteiger partial charge in [0.1, 0.15) is 5.60 Å². The van der Waals surface area contributed by atoms with Gasteiger partial charge in [0.25, 0.3) is 0 Å². The first kappa shape index (κ1) is 32.8. The molecule has 0 aliphatic heterocycles. The second-order valence-electron chi connectivity index (χ2n) is 8.67. The number of rotatable bonds is 21. The number of allylic oxidation sites excluding steroid dienone is 1. The summed E-state index contributed by atoms with van der Waals surface area (Å²) >= 11 is 0. The van der Waals surface area contributed by atoms with E-state index in [2.05, 4.69) is 48.1 Å². The van der Waals surface area contributed by atoms with E-state index in [4.69, 9.17) is 14.2 Å². The summed E-state index contributed by atoms with van der Waals surface area (Å²) in [4.78, 5) is 0. The average Bonchev–Trinajstić information content (AvgIpc) is 2.80. The van der Waals surface area contributed by atoms with Crippen LogP contribution in [0.3, 0.4) is 0 Å². The molecule has 0 saturated heterocycles. The Morgan fingerprint density at radius 1 is 0.645 bits per heavy atom. The van der Waals surface area contributed by atoms with Crippen LogP contribution in [0.2, 0.25) is 0 Å². The molecule has 0 saturated carbocycles. The summed E-state index contributed by atoms with van der Waals surface area (Å²) in [6, 6.07) is 0. The van der Waals surface area contributed by atoms with E-state index in [1.54, 1.807) is 0 Å². The maximum Gasteiger partial charge on any atom is 0.197 e. The minimum atomic E-state index is -0.620. The Balaban J connectivity index is 0. The zero-order chi connectivity index (χ0) is 23.8. The molecule has 0 bridgehead atoms. The summed E-state index contributed by atoms with van der Waals surface area (Å²) in [7, 11) is 1.86. The lowest BCUT2D eigenvalue weighted by atomic mass is 9.81. The SMILES string of the molecule is C=CCC.CCCCCCCCC(CCC)(OC)C(CC)(OCCCC)OCCCC. The molecule has 3 heteroatoms. The molecule has 0 N–H and O–H groups in total. The fourth-order valence-electron chi connectivity index (χ4n) is 4.05. The third kappa shape index (κ3) is 13.7. The quantitative estimate of drug-likeness (QED) is 0.101. The lowest BCUT2D eigenvalue weighted by Crippen LogP contribution is -2.59. The van der Waals surface area contributed by atoms with Crippen LogP contribution >= 0.6 is 0 Å². The second-order valence-corrected chi connectivity index (χ2v) is 8.67. The van der Waals surface area contributed by atoms with Gasteiger partial charge >= 0.3 is 0 Å². The van der Waals surface area contributed by atoms with Crippen molar-refractivity contribution in [3.63, 3.8) is 0 Å². The van der Waals surface area contributed by atoms with Crippen LogP contribution in [0.15, 0.2) is 12.7 Å². The van der Waals surface area contributed by atoms with E-state index in [1.165, 1.54) is 38.5 Å². The highest BCUT2D eigenvalue weighted by Crippen LogP contribution is 2.42. The molecule has 3 nitrogen and oxygen atoms in total. The Kier molecular flexibility index (Phi) is 24.1. The Hall–Kier alpha value is -0.380. The largest absolute Gasteiger partial charge is 0.373 e. The van der Waals surface area contributed by atoms with E-state index >= 15 is 0 Å². The number of methoxy groups -OCH3 is 1. The predicted octanol–water partition coefficient (Wildman–Crippen LogP) is 9.24. The lowest BCUT2D eigenvalue weighted by molar-refractivity contribution is -0.333. The topological polar surface area (TPSA) is 27.7 Å². The van der Waals surface area contributed by atoms with Gasteiger partial charge in [0, 0.05) is 13.5 Å².